The van der Waals surface area contributed by atoms with E-state index in [4.69, 9.17) is 4.42 Å². The molecule has 2 aromatic heterocycles. The topological polar surface area (TPSA) is 72.4 Å². The normalized spacial score (nSPS) is 11.2. The van der Waals surface area contributed by atoms with Crippen LogP contribution in [-0.4, -0.2) is 21.9 Å². The lowest BCUT2D eigenvalue weighted by Crippen LogP contribution is -2.19. The van der Waals surface area contributed by atoms with Crippen LogP contribution in [-0.2, 0) is 6.54 Å². The van der Waals surface area contributed by atoms with Gasteiger partial charge < -0.3 is 4.42 Å². The molecular formula is C17H14Br2N4O2. The Bertz CT molecular complexity index is 913. The van der Waals surface area contributed by atoms with Crippen LogP contribution in [0.2, 0.25) is 0 Å². The number of benzene rings is 1. The summed E-state index contributed by atoms with van der Waals surface area (Å²) in [4.78, 5) is 12.2. The average molecular weight is 466 g/mol. The Morgan fingerprint density at radius 3 is 2.72 bits per heavy atom. The molecular weight excluding hydrogens is 452 g/mol. The number of rotatable bonds is 5. The molecule has 1 N–H and O–H groups in total. The molecule has 0 saturated carbocycles. The minimum absolute atomic E-state index is 0.268. The number of aromatic nitrogens is 2. The molecule has 2 heterocycles. The molecule has 0 aliphatic heterocycles. The molecule has 0 aliphatic carbocycles. The number of amides is 1. The van der Waals surface area contributed by atoms with Crippen LogP contribution < -0.4 is 5.43 Å². The number of hydrogen-bond donors (Lipinski definition) is 1. The van der Waals surface area contributed by atoms with E-state index in [1.54, 1.807) is 16.9 Å². The second-order valence-electron chi connectivity index (χ2n) is 5.30. The van der Waals surface area contributed by atoms with Crippen LogP contribution >= 0.6 is 31.9 Å². The smallest absolute Gasteiger partial charge is 0.293 e. The third-order valence-corrected chi connectivity index (χ3v) is 4.42. The summed E-state index contributed by atoms with van der Waals surface area (Å²) in [7, 11) is 0. The lowest BCUT2D eigenvalue weighted by molar-refractivity contribution is 0.0948. The number of carbonyl (C=O) groups is 1. The van der Waals surface area contributed by atoms with Crippen LogP contribution in [0.25, 0.3) is 0 Å². The highest BCUT2D eigenvalue weighted by molar-refractivity contribution is 9.10. The second kappa shape index (κ2) is 7.79. The Morgan fingerprint density at radius 2 is 2.04 bits per heavy atom. The first-order chi connectivity index (χ1) is 12.0. The van der Waals surface area contributed by atoms with Gasteiger partial charge in [0, 0.05) is 10.7 Å². The van der Waals surface area contributed by atoms with Crippen molar-refractivity contribution in [2.45, 2.75) is 13.5 Å². The third-order valence-electron chi connectivity index (χ3n) is 3.31. The second-order valence-corrected chi connectivity index (χ2v) is 7.07. The van der Waals surface area contributed by atoms with E-state index in [1.165, 1.54) is 6.21 Å². The Hall–Kier alpha value is -2.19. The molecule has 0 bridgehead atoms. The van der Waals surface area contributed by atoms with E-state index in [9.17, 15) is 4.79 Å². The highest BCUT2D eigenvalue weighted by Gasteiger charge is 2.15. The molecule has 0 atom stereocenters. The minimum Gasteiger partial charge on any atom is -0.460 e. The van der Waals surface area contributed by atoms with Crippen molar-refractivity contribution in [2.75, 3.05) is 0 Å². The predicted octanol–water partition coefficient (Wildman–Crippen LogP) is 4.12. The highest BCUT2D eigenvalue weighted by Crippen LogP contribution is 2.17. The molecule has 1 aromatic carbocycles. The molecule has 0 saturated heterocycles. The van der Waals surface area contributed by atoms with E-state index in [0.717, 1.165) is 15.8 Å². The predicted molar refractivity (Wildman–Crippen MR) is 102 cm³/mol. The fraction of sp³-hybridized carbons (Fsp3) is 0.118. The van der Waals surface area contributed by atoms with Gasteiger partial charge in [0.15, 0.2) is 5.69 Å². The summed E-state index contributed by atoms with van der Waals surface area (Å²) < 4.78 is 8.66. The van der Waals surface area contributed by atoms with Crippen molar-refractivity contribution in [3.05, 3.63) is 74.3 Å². The van der Waals surface area contributed by atoms with Gasteiger partial charge in [0.1, 0.15) is 11.5 Å². The molecule has 3 aromatic rings. The monoisotopic (exact) mass is 464 g/mol. The number of halogens is 2. The summed E-state index contributed by atoms with van der Waals surface area (Å²) in [6.45, 7) is 2.40. The number of furan rings is 1. The summed E-state index contributed by atoms with van der Waals surface area (Å²) in [5.74, 6) is 0.945. The highest BCUT2D eigenvalue weighted by atomic mass is 79.9. The molecule has 128 valence electrons. The molecule has 0 fully saturated rings. The molecule has 8 heteroatoms. The van der Waals surface area contributed by atoms with Crippen LogP contribution in [0.4, 0.5) is 0 Å². The zero-order chi connectivity index (χ0) is 17.8. The molecule has 25 heavy (non-hydrogen) atoms. The molecule has 0 aliphatic rings. The van der Waals surface area contributed by atoms with Crippen molar-refractivity contribution in [1.82, 2.24) is 15.2 Å². The van der Waals surface area contributed by atoms with Crippen molar-refractivity contribution in [1.29, 1.82) is 0 Å². The van der Waals surface area contributed by atoms with Crippen molar-refractivity contribution < 1.29 is 9.21 Å². The fourth-order valence-corrected chi connectivity index (χ4v) is 2.90. The first-order valence-electron chi connectivity index (χ1n) is 7.38. The number of aryl methyl sites for hydroxylation is 1. The van der Waals surface area contributed by atoms with Gasteiger partial charge in [-0.3, -0.25) is 9.48 Å². The molecule has 1 amide bonds. The van der Waals surface area contributed by atoms with Gasteiger partial charge in [0.25, 0.3) is 5.91 Å². The van der Waals surface area contributed by atoms with Gasteiger partial charge in [-0.05, 0) is 52.7 Å². The quantitative estimate of drug-likeness (QED) is 0.455. The molecule has 3 rings (SSSR count). The first-order valence-corrected chi connectivity index (χ1v) is 8.97. The van der Waals surface area contributed by atoms with Crippen LogP contribution in [0.1, 0.15) is 27.6 Å². The van der Waals surface area contributed by atoms with E-state index >= 15 is 0 Å². The Morgan fingerprint density at radius 1 is 1.28 bits per heavy atom. The summed E-state index contributed by atoms with van der Waals surface area (Å²) in [6, 6.07) is 11.5. The molecule has 6 nitrogen and oxygen atoms in total. The minimum atomic E-state index is -0.402. The van der Waals surface area contributed by atoms with Crippen molar-refractivity contribution in [2.24, 2.45) is 5.10 Å². The van der Waals surface area contributed by atoms with Crippen LogP contribution in [0.5, 0.6) is 0 Å². The number of carbonyl (C=O) groups excluding carboxylic acids is 1. The van der Waals surface area contributed by atoms with E-state index < -0.39 is 5.91 Å². The van der Waals surface area contributed by atoms with Gasteiger partial charge in [-0.15, -0.1) is 0 Å². The van der Waals surface area contributed by atoms with Crippen molar-refractivity contribution in [3.63, 3.8) is 0 Å². The molecule has 0 radical (unpaired) electrons. The van der Waals surface area contributed by atoms with Gasteiger partial charge in [-0.1, -0.05) is 28.1 Å². The van der Waals surface area contributed by atoms with Crippen LogP contribution in [0.3, 0.4) is 0 Å². The van der Waals surface area contributed by atoms with Crippen LogP contribution in [0.15, 0.2) is 61.1 Å². The lowest BCUT2D eigenvalue weighted by atomic mass is 10.2. The lowest BCUT2D eigenvalue weighted by Gasteiger charge is -2.01. The van der Waals surface area contributed by atoms with Crippen molar-refractivity contribution in [3.8, 4) is 0 Å². The van der Waals surface area contributed by atoms with Crippen molar-refractivity contribution >= 4 is 44.0 Å². The zero-order valence-electron chi connectivity index (χ0n) is 13.2. The molecule has 0 spiro atoms. The molecule has 0 unspecified atom stereocenters. The fourth-order valence-electron chi connectivity index (χ4n) is 2.14. The number of nitrogens with zero attached hydrogens (tertiary/aromatic N) is 3. The maximum absolute atomic E-state index is 12.2. The van der Waals surface area contributed by atoms with Crippen LogP contribution in [0, 0.1) is 6.92 Å². The van der Waals surface area contributed by atoms with Gasteiger partial charge >= 0.3 is 0 Å². The van der Waals surface area contributed by atoms with E-state index in [0.29, 0.717) is 16.8 Å². The summed E-state index contributed by atoms with van der Waals surface area (Å²) >= 11 is 6.77. The maximum Gasteiger partial charge on any atom is 0.293 e. The van der Waals surface area contributed by atoms with E-state index in [2.05, 4.69) is 47.5 Å². The van der Waals surface area contributed by atoms with Gasteiger partial charge in [-0.2, -0.15) is 10.2 Å². The largest absolute Gasteiger partial charge is 0.460 e. The standard InChI is InChI=1S/C17H14Br2N4O2/c1-11-2-7-14(25-11)8-20-21-17(24)16-15(19)10-23(22-16)9-12-3-5-13(18)6-4-12/h2-8,10H,9H2,1H3,(H,21,24)/b20-8+. The third kappa shape index (κ3) is 4.67. The van der Waals surface area contributed by atoms with Gasteiger partial charge in [-0.25, -0.2) is 5.43 Å². The Kier molecular flexibility index (Phi) is 5.50. The number of nitrogens with one attached hydrogen (secondary N) is 1. The van der Waals surface area contributed by atoms with Gasteiger partial charge in [0.05, 0.1) is 17.2 Å². The summed E-state index contributed by atoms with van der Waals surface area (Å²) in [5.41, 5.74) is 3.79. The summed E-state index contributed by atoms with van der Waals surface area (Å²) in [6.07, 6.45) is 3.20. The Balaban J connectivity index is 1.65. The summed E-state index contributed by atoms with van der Waals surface area (Å²) in [5, 5.41) is 8.19. The van der Waals surface area contributed by atoms with E-state index in [1.807, 2.05) is 37.3 Å². The van der Waals surface area contributed by atoms with E-state index in [-0.39, 0.29) is 5.69 Å². The van der Waals surface area contributed by atoms with Gasteiger partial charge in [0.2, 0.25) is 0 Å². The Labute approximate surface area is 161 Å². The maximum atomic E-state index is 12.2. The number of hydrogen-bond acceptors (Lipinski definition) is 4. The average Bonchev–Trinajstić information content (AvgIpc) is 3.15. The first kappa shape index (κ1) is 17.6. The zero-order valence-corrected chi connectivity index (χ0v) is 16.4. The SMILES string of the molecule is Cc1ccc(/C=N/NC(=O)c2nn(Cc3ccc(Br)cc3)cc2Br)o1. The number of hydrazone groups is 1.